The second kappa shape index (κ2) is 8.80. The van der Waals surface area contributed by atoms with E-state index in [2.05, 4.69) is 38.8 Å². The highest BCUT2D eigenvalue weighted by Crippen LogP contribution is 2.33. The maximum atomic E-state index is 5.53. The first-order chi connectivity index (χ1) is 14.2. The third kappa shape index (κ3) is 4.55. The molecule has 5 rings (SSSR count). The van der Waals surface area contributed by atoms with Gasteiger partial charge >= 0.3 is 0 Å². The molecule has 1 unspecified atom stereocenters. The van der Waals surface area contributed by atoms with Crippen molar-refractivity contribution in [3.05, 3.63) is 23.8 Å². The van der Waals surface area contributed by atoms with E-state index in [1.165, 1.54) is 83.6 Å². The molecule has 0 spiro atoms. The average Bonchev–Trinajstić information content (AvgIpc) is 3.23. The summed E-state index contributed by atoms with van der Waals surface area (Å²) in [5.74, 6) is 1.78. The lowest BCUT2D eigenvalue weighted by atomic mass is 9.97. The lowest BCUT2D eigenvalue weighted by Gasteiger charge is -2.46. The smallest absolute Gasteiger partial charge is 0.231 e. The molecule has 0 aliphatic carbocycles. The van der Waals surface area contributed by atoms with E-state index < -0.39 is 0 Å². The van der Waals surface area contributed by atoms with Gasteiger partial charge in [0.1, 0.15) is 0 Å². The summed E-state index contributed by atoms with van der Waals surface area (Å²) in [4.78, 5) is 10.7. The first-order valence-electron chi connectivity index (χ1n) is 11.5. The van der Waals surface area contributed by atoms with Crippen LogP contribution in [-0.2, 0) is 6.54 Å². The number of nitrogens with zero attached hydrogens (tertiary/aromatic N) is 4. The Labute approximate surface area is 175 Å². The number of piperidine rings is 2. The van der Waals surface area contributed by atoms with E-state index in [1.807, 2.05) is 6.07 Å². The minimum Gasteiger partial charge on any atom is -0.454 e. The largest absolute Gasteiger partial charge is 0.454 e. The Morgan fingerprint density at radius 2 is 1.62 bits per heavy atom. The molecule has 1 atom stereocenters. The molecule has 160 valence electrons. The van der Waals surface area contributed by atoms with Crippen LogP contribution in [0.1, 0.15) is 31.2 Å². The predicted octanol–water partition coefficient (Wildman–Crippen LogP) is 2.09. The lowest BCUT2D eigenvalue weighted by Crippen LogP contribution is -2.57. The third-order valence-electron chi connectivity index (χ3n) is 7.40. The van der Waals surface area contributed by atoms with Crippen LogP contribution >= 0.6 is 0 Å². The van der Waals surface area contributed by atoms with Crippen LogP contribution in [0.15, 0.2) is 18.2 Å². The summed E-state index contributed by atoms with van der Waals surface area (Å²) >= 11 is 0. The van der Waals surface area contributed by atoms with Crippen LogP contribution in [0.2, 0.25) is 0 Å². The molecule has 1 aromatic rings. The molecule has 6 heteroatoms. The number of hydrogen-bond donors (Lipinski definition) is 0. The van der Waals surface area contributed by atoms with E-state index >= 15 is 0 Å². The molecule has 0 aromatic heterocycles. The summed E-state index contributed by atoms with van der Waals surface area (Å²) in [6.45, 7) is 11.2. The summed E-state index contributed by atoms with van der Waals surface area (Å²) in [5, 5.41) is 0. The first-order valence-corrected chi connectivity index (χ1v) is 11.5. The van der Waals surface area contributed by atoms with Gasteiger partial charge < -0.3 is 14.4 Å². The first kappa shape index (κ1) is 19.6. The van der Waals surface area contributed by atoms with Crippen molar-refractivity contribution in [1.29, 1.82) is 0 Å². The Balaban J connectivity index is 1.11. The SMILES string of the molecule is CN1CCC(N2CCCC(N3CCN(Cc4ccc5c(c4)OCO5)CC3)C2)CC1. The highest BCUT2D eigenvalue weighted by atomic mass is 16.7. The van der Waals surface area contributed by atoms with Crippen LogP contribution < -0.4 is 9.47 Å². The zero-order valence-corrected chi connectivity index (χ0v) is 17.9. The van der Waals surface area contributed by atoms with Crippen LogP contribution in [0, 0.1) is 0 Å². The number of rotatable bonds is 4. The quantitative estimate of drug-likeness (QED) is 0.769. The van der Waals surface area contributed by atoms with Gasteiger partial charge in [0.2, 0.25) is 6.79 Å². The third-order valence-corrected chi connectivity index (χ3v) is 7.40. The van der Waals surface area contributed by atoms with Crippen molar-refractivity contribution in [1.82, 2.24) is 19.6 Å². The van der Waals surface area contributed by atoms with E-state index in [9.17, 15) is 0 Å². The van der Waals surface area contributed by atoms with E-state index in [-0.39, 0.29) is 0 Å². The summed E-state index contributed by atoms with van der Waals surface area (Å²) < 4.78 is 11.0. The van der Waals surface area contributed by atoms with Crippen molar-refractivity contribution in [2.75, 3.05) is 66.2 Å². The summed E-state index contributed by atoms with van der Waals surface area (Å²) in [6.07, 6.45) is 5.46. The van der Waals surface area contributed by atoms with Crippen LogP contribution in [0.25, 0.3) is 0 Å². The second-order valence-electron chi connectivity index (χ2n) is 9.33. The maximum absolute atomic E-state index is 5.53. The van der Waals surface area contributed by atoms with Crippen LogP contribution in [-0.4, -0.2) is 97.9 Å². The number of piperazine rings is 1. The Hall–Kier alpha value is -1.34. The van der Waals surface area contributed by atoms with E-state index in [1.54, 1.807) is 0 Å². The molecular formula is C23H36N4O2. The van der Waals surface area contributed by atoms with Crippen LogP contribution in [0.4, 0.5) is 0 Å². The van der Waals surface area contributed by atoms with Crippen molar-refractivity contribution >= 4 is 0 Å². The molecule has 29 heavy (non-hydrogen) atoms. The molecule has 3 saturated heterocycles. The minimum atomic E-state index is 0.355. The second-order valence-corrected chi connectivity index (χ2v) is 9.33. The number of likely N-dealkylation sites (tertiary alicyclic amines) is 2. The fourth-order valence-electron chi connectivity index (χ4n) is 5.56. The van der Waals surface area contributed by atoms with Crippen LogP contribution in [0.3, 0.4) is 0 Å². The molecule has 0 saturated carbocycles. The van der Waals surface area contributed by atoms with Gasteiger partial charge in [-0.1, -0.05) is 6.07 Å². The fourth-order valence-corrected chi connectivity index (χ4v) is 5.56. The monoisotopic (exact) mass is 400 g/mol. The van der Waals surface area contributed by atoms with Gasteiger partial charge in [0.15, 0.2) is 11.5 Å². The van der Waals surface area contributed by atoms with Gasteiger partial charge in [0, 0.05) is 51.4 Å². The van der Waals surface area contributed by atoms with E-state index in [0.717, 1.165) is 30.1 Å². The van der Waals surface area contributed by atoms with Gasteiger partial charge in [-0.25, -0.2) is 0 Å². The molecular weight excluding hydrogens is 364 g/mol. The summed E-state index contributed by atoms with van der Waals surface area (Å²) in [5.41, 5.74) is 1.33. The van der Waals surface area contributed by atoms with E-state index in [4.69, 9.17) is 9.47 Å². The highest BCUT2D eigenvalue weighted by molar-refractivity contribution is 5.44. The molecule has 1 aromatic carbocycles. The molecule has 3 fully saturated rings. The van der Waals surface area contributed by atoms with E-state index in [0.29, 0.717) is 6.79 Å². The predicted molar refractivity (Wildman–Crippen MR) is 115 cm³/mol. The number of benzene rings is 1. The summed E-state index contributed by atoms with van der Waals surface area (Å²) in [7, 11) is 2.26. The maximum Gasteiger partial charge on any atom is 0.231 e. The molecule has 0 N–H and O–H groups in total. The van der Waals surface area contributed by atoms with Gasteiger partial charge in [0.25, 0.3) is 0 Å². The van der Waals surface area contributed by atoms with Crippen molar-refractivity contribution in [3.8, 4) is 11.5 Å². The molecule has 4 aliphatic rings. The molecule has 0 bridgehead atoms. The van der Waals surface area contributed by atoms with Crippen LogP contribution in [0.5, 0.6) is 11.5 Å². The fraction of sp³-hybridized carbons (Fsp3) is 0.739. The molecule has 4 aliphatic heterocycles. The molecule has 0 radical (unpaired) electrons. The molecule has 6 nitrogen and oxygen atoms in total. The van der Waals surface area contributed by atoms with Gasteiger partial charge in [-0.2, -0.15) is 0 Å². The number of ether oxygens (including phenoxy) is 2. The number of fused-ring (bicyclic) bond motifs is 1. The molecule has 0 amide bonds. The molecule has 4 heterocycles. The van der Waals surface area contributed by atoms with Gasteiger partial charge in [0.05, 0.1) is 0 Å². The average molecular weight is 401 g/mol. The van der Waals surface area contributed by atoms with Crippen molar-refractivity contribution in [2.45, 2.75) is 44.3 Å². The normalized spacial score (nSPS) is 28.1. The van der Waals surface area contributed by atoms with Gasteiger partial charge in [-0.05, 0) is 70.1 Å². The summed E-state index contributed by atoms with van der Waals surface area (Å²) in [6, 6.07) is 7.96. The lowest BCUT2D eigenvalue weighted by molar-refractivity contribution is 0.0238. The Morgan fingerprint density at radius 3 is 2.45 bits per heavy atom. The topological polar surface area (TPSA) is 31.4 Å². The van der Waals surface area contributed by atoms with Gasteiger partial charge in [-0.15, -0.1) is 0 Å². The zero-order chi connectivity index (χ0) is 19.6. The Kier molecular flexibility index (Phi) is 5.95. The minimum absolute atomic E-state index is 0.355. The zero-order valence-electron chi connectivity index (χ0n) is 17.9. The van der Waals surface area contributed by atoms with Crippen molar-refractivity contribution < 1.29 is 9.47 Å². The van der Waals surface area contributed by atoms with Gasteiger partial charge in [-0.3, -0.25) is 14.7 Å². The highest BCUT2D eigenvalue weighted by Gasteiger charge is 2.32. The van der Waals surface area contributed by atoms with Crippen molar-refractivity contribution in [2.24, 2.45) is 0 Å². The Morgan fingerprint density at radius 1 is 0.828 bits per heavy atom. The Bertz CT molecular complexity index is 683. The standard InChI is InChI=1S/C23H36N4O2/c1-24-9-6-20(7-10-24)27-8-2-3-21(17-27)26-13-11-25(12-14-26)16-19-4-5-22-23(15-19)29-18-28-22/h4-5,15,20-21H,2-3,6-14,16-18H2,1H3. The number of hydrogen-bond acceptors (Lipinski definition) is 6. The van der Waals surface area contributed by atoms with Crippen molar-refractivity contribution in [3.63, 3.8) is 0 Å².